The first-order chi connectivity index (χ1) is 7.25. The quantitative estimate of drug-likeness (QED) is 0.826. The van der Waals surface area contributed by atoms with Crippen LogP contribution in [0.15, 0.2) is 24.3 Å². The predicted molar refractivity (Wildman–Crippen MR) is 65.0 cm³/mol. The second-order valence-electron chi connectivity index (χ2n) is 3.68. The van der Waals surface area contributed by atoms with E-state index in [1.807, 2.05) is 25.1 Å². The van der Waals surface area contributed by atoms with Crippen LogP contribution in [0.25, 0.3) is 10.2 Å². The van der Waals surface area contributed by atoms with Crippen molar-refractivity contribution in [2.24, 2.45) is 5.73 Å². The maximum absolute atomic E-state index is 5.65. The molecule has 0 fully saturated rings. The molecule has 0 saturated carbocycles. The summed E-state index contributed by atoms with van der Waals surface area (Å²) in [4.78, 5) is 4.52. The Kier molecular flexibility index (Phi) is 3.30. The van der Waals surface area contributed by atoms with Crippen molar-refractivity contribution in [1.29, 1.82) is 0 Å². The number of rotatable bonds is 4. The van der Waals surface area contributed by atoms with E-state index < -0.39 is 0 Å². The molecule has 2 rings (SSSR count). The molecule has 1 aromatic carbocycles. The van der Waals surface area contributed by atoms with Crippen molar-refractivity contribution in [2.45, 2.75) is 19.5 Å². The van der Waals surface area contributed by atoms with Crippen molar-refractivity contribution in [1.82, 2.24) is 10.3 Å². The highest BCUT2D eigenvalue weighted by Gasteiger charge is 2.02. The van der Waals surface area contributed by atoms with Gasteiger partial charge in [0, 0.05) is 19.1 Å². The highest BCUT2D eigenvalue weighted by molar-refractivity contribution is 7.18. The molecule has 0 spiro atoms. The van der Waals surface area contributed by atoms with Gasteiger partial charge in [-0.2, -0.15) is 0 Å². The van der Waals surface area contributed by atoms with E-state index in [0.717, 1.165) is 23.6 Å². The van der Waals surface area contributed by atoms with E-state index in [4.69, 9.17) is 5.73 Å². The molecular weight excluding hydrogens is 206 g/mol. The van der Waals surface area contributed by atoms with Crippen molar-refractivity contribution in [2.75, 3.05) is 6.54 Å². The Balaban J connectivity index is 2.03. The SMILES string of the molecule is CC(N)CNCc1nc2ccccc2s1. The number of nitrogens with zero attached hydrogens (tertiary/aromatic N) is 1. The minimum Gasteiger partial charge on any atom is -0.327 e. The van der Waals surface area contributed by atoms with Crippen molar-refractivity contribution in [3.63, 3.8) is 0 Å². The zero-order chi connectivity index (χ0) is 10.7. The monoisotopic (exact) mass is 221 g/mol. The molecule has 2 aromatic rings. The molecule has 0 aliphatic heterocycles. The number of hydrogen-bond donors (Lipinski definition) is 2. The van der Waals surface area contributed by atoms with Crippen LogP contribution in [0.2, 0.25) is 0 Å². The molecule has 1 unspecified atom stereocenters. The topological polar surface area (TPSA) is 50.9 Å². The molecule has 0 saturated heterocycles. The number of benzene rings is 1. The average molecular weight is 221 g/mol. The standard InChI is InChI=1S/C11H15N3S/c1-8(12)6-13-7-11-14-9-4-2-3-5-10(9)15-11/h2-5,8,13H,6-7,12H2,1H3. The third-order valence-corrected chi connectivity index (χ3v) is 3.12. The first kappa shape index (κ1) is 10.5. The average Bonchev–Trinajstić information content (AvgIpc) is 2.59. The molecule has 0 aliphatic rings. The van der Waals surface area contributed by atoms with Gasteiger partial charge in [-0.15, -0.1) is 11.3 Å². The van der Waals surface area contributed by atoms with E-state index in [0.29, 0.717) is 0 Å². The zero-order valence-corrected chi connectivity index (χ0v) is 9.55. The maximum Gasteiger partial charge on any atom is 0.108 e. The molecular formula is C11H15N3S. The van der Waals surface area contributed by atoms with Gasteiger partial charge in [-0.25, -0.2) is 4.98 Å². The number of nitrogens with two attached hydrogens (primary N) is 1. The van der Waals surface area contributed by atoms with Crippen molar-refractivity contribution < 1.29 is 0 Å². The van der Waals surface area contributed by atoms with Crippen molar-refractivity contribution in [3.8, 4) is 0 Å². The fourth-order valence-corrected chi connectivity index (χ4v) is 2.34. The van der Waals surface area contributed by atoms with Gasteiger partial charge < -0.3 is 11.1 Å². The van der Waals surface area contributed by atoms with Gasteiger partial charge in [0.25, 0.3) is 0 Å². The lowest BCUT2D eigenvalue weighted by atomic mass is 10.3. The van der Waals surface area contributed by atoms with Crippen LogP contribution in [-0.4, -0.2) is 17.6 Å². The molecule has 1 atom stereocenters. The Bertz CT molecular complexity index is 403. The molecule has 80 valence electrons. The molecule has 1 aromatic heterocycles. The molecule has 4 heteroatoms. The Labute approximate surface area is 93.3 Å². The van der Waals surface area contributed by atoms with Gasteiger partial charge in [-0.05, 0) is 19.1 Å². The first-order valence-corrected chi connectivity index (χ1v) is 5.88. The van der Waals surface area contributed by atoms with Gasteiger partial charge in [-0.1, -0.05) is 12.1 Å². The largest absolute Gasteiger partial charge is 0.327 e. The number of hydrogen-bond acceptors (Lipinski definition) is 4. The van der Waals surface area contributed by atoms with E-state index >= 15 is 0 Å². The highest BCUT2D eigenvalue weighted by atomic mass is 32.1. The summed E-state index contributed by atoms with van der Waals surface area (Å²) in [6.45, 7) is 3.63. The predicted octanol–water partition coefficient (Wildman–Crippen LogP) is 1.73. The number of nitrogens with one attached hydrogen (secondary N) is 1. The minimum absolute atomic E-state index is 0.194. The van der Waals surface area contributed by atoms with E-state index in [2.05, 4.69) is 16.4 Å². The van der Waals surface area contributed by atoms with E-state index in [1.165, 1.54) is 4.70 Å². The van der Waals surface area contributed by atoms with Crippen LogP contribution in [0.1, 0.15) is 11.9 Å². The summed E-state index contributed by atoms with van der Waals surface area (Å²) in [7, 11) is 0. The summed E-state index contributed by atoms with van der Waals surface area (Å²) in [5.74, 6) is 0. The Hall–Kier alpha value is -0.970. The van der Waals surface area contributed by atoms with Crippen LogP contribution in [0.4, 0.5) is 0 Å². The highest BCUT2D eigenvalue weighted by Crippen LogP contribution is 2.20. The van der Waals surface area contributed by atoms with Gasteiger partial charge in [0.05, 0.1) is 10.2 Å². The van der Waals surface area contributed by atoms with Crippen LogP contribution in [-0.2, 0) is 6.54 Å². The molecule has 0 amide bonds. The third kappa shape index (κ3) is 2.75. The second-order valence-corrected chi connectivity index (χ2v) is 4.80. The lowest BCUT2D eigenvalue weighted by Gasteiger charge is -2.04. The second kappa shape index (κ2) is 4.70. The van der Waals surface area contributed by atoms with Crippen molar-refractivity contribution in [3.05, 3.63) is 29.3 Å². The molecule has 3 N–H and O–H groups in total. The van der Waals surface area contributed by atoms with Crippen LogP contribution in [0, 0.1) is 0 Å². The van der Waals surface area contributed by atoms with Gasteiger partial charge in [-0.3, -0.25) is 0 Å². The Morgan fingerprint density at radius 1 is 1.47 bits per heavy atom. The Morgan fingerprint density at radius 2 is 2.27 bits per heavy atom. The number of fused-ring (bicyclic) bond motifs is 1. The lowest BCUT2D eigenvalue weighted by Crippen LogP contribution is -2.30. The van der Waals surface area contributed by atoms with Gasteiger partial charge in [0.15, 0.2) is 0 Å². The molecule has 3 nitrogen and oxygen atoms in total. The normalized spacial score (nSPS) is 13.2. The number of aromatic nitrogens is 1. The summed E-state index contributed by atoms with van der Waals surface area (Å²) < 4.78 is 1.25. The summed E-state index contributed by atoms with van der Waals surface area (Å²) >= 11 is 1.73. The number of para-hydroxylation sites is 1. The zero-order valence-electron chi connectivity index (χ0n) is 8.73. The van der Waals surface area contributed by atoms with Crippen LogP contribution in [0.5, 0.6) is 0 Å². The van der Waals surface area contributed by atoms with Crippen LogP contribution < -0.4 is 11.1 Å². The summed E-state index contributed by atoms with van der Waals surface area (Å²) in [5, 5.41) is 4.41. The van der Waals surface area contributed by atoms with Gasteiger partial charge >= 0.3 is 0 Å². The fourth-order valence-electron chi connectivity index (χ4n) is 1.40. The van der Waals surface area contributed by atoms with E-state index in [1.54, 1.807) is 11.3 Å². The van der Waals surface area contributed by atoms with Crippen LogP contribution in [0.3, 0.4) is 0 Å². The molecule has 0 radical (unpaired) electrons. The molecule has 0 bridgehead atoms. The number of thiazole rings is 1. The van der Waals surface area contributed by atoms with Gasteiger partial charge in [0.1, 0.15) is 5.01 Å². The maximum atomic E-state index is 5.65. The van der Waals surface area contributed by atoms with Crippen molar-refractivity contribution >= 4 is 21.6 Å². The summed E-state index contributed by atoms with van der Waals surface area (Å²) in [5.41, 5.74) is 6.74. The fraction of sp³-hybridized carbons (Fsp3) is 0.364. The molecule has 15 heavy (non-hydrogen) atoms. The van der Waals surface area contributed by atoms with Gasteiger partial charge in [0.2, 0.25) is 0 Å². The summed E-state index contributed by atoms with van der Waals surface area (Å²) in [6, 6.07) is 8.39. The Morgan fingerprint density at radius 3 is 3.00 bits per heavy atom. The lowest BCUT2D eigenvalue weighted by molar-refractivity contribution is 0.607. The minimum atomic E-state index is 0.194. The smallest absolute Gasteiger partial charge is 0.108 e. The third-order valence-electron chi connectivity index (χ3n) is 2.08. The van der Waals surface area contributed by atoms with E-state index in [9.17, 15) is 0 Å². The van der Waals surface area contributed by atoms with E-state index in [-0.39, 0.29) is 6.04 Å². The van der Waals surface area contributed by atoms with Crippen LogP contribution >= 0.6 is 11.3 Å². The molecule has 1 heterocycles. The summed E-state index contributed by atoms with van der Waals surface area (Å²) in [6.07, 6.45) is 0. The first-order valence-electron chi connectivity index (χ1n) is 5.06. The molecule has 0 aliphatic carbocycles.